The average molecular weight is 272 g/mol. The summed E-state index contributed by atoms with van der Waals surface area (Å²) < 4.78 is 0. The summed E-state index contributed by atoms with van der Waals surface area (Å²) in [5.74, 6) is -0.547. The minimum absolute atomic E-state index is 0.0592. The Balaban J connectivity index is 1.75. The fourth-order valence-corrected chi connectivity index (χ4v) is 1.69. The lowest BCUT2D eigenvalue weighted by Crippen LogP contribution is -2.36. The summed E-state index contributed by atoms with van der Waals surface area (Å²) >= 11 is 0. The van der Waals surface area contributed by atoms with Crippen molar-refractivity contribution >= 4 is 11.8 Å². The molecule has 6 nitrogen and oxygen atoms in total. The number of aromatic nitrogens is 2. The molecular formula is C14H16N4O2. The smallest absolute Gasteiger partial charge is 0.255 e. The van der Waals surface area contributed by atoms with Crippen LogP contribution in [-0.4, -0.2) is 28.6 Å². The lowest BCUT2D eigenvalue weighted by atomic mass is 10.2. The molecule has 0 radical (unpaired) electrons. The van der Waals surface area contributed by atoms with Crippen molar-refractivity contribution in [1.82, 2.24) is 20.8 Å². The van der Waals surface area contributed by atoms with Gasteiger partial charge in [0.15, 0.2) is 0 Å². The highest BCUT2D eigenvalue weighted by atomic mass is 16.2. The molecule has 0 unspecified atom stereocenters. The second-order valence-electron chi connectivity index (χ2n) is 4.35. The van der Waals surface area contributed by atoms with Gasteiger partial charge in [-0.1, -0.05) is 30.3 Å². The molecule has 3 N–H and O–H groups in total. The Morgan fingerprint density at radius 1 is 1.20 bits per heavy atom. The third kappa shape index (κ3) is 3.68. The quantitative estimate of drug-likeness (QED) is 0.751. The number of carbonyl (C=O) groups is 2. The Morgan fingerprint density at radius 3 is 2.60 bits per heavy atom. The zero-order chi connectivity index (χ0) is 14.4. The van der Waals surface area contributed by atoms with E-state index in [2.05, 4.69) is 20.8 Å². The van der Waals surface area contributed by atoms with Crippen molar-refractivity contribution in [3.8, 4) is 0 Å². The first-order valence-electron chi connectivity index (χ1n) is 6.25. The molecule has 0 saturated heterocycles. The topological polar surface area (TPSA) is 86.9 Å². The van der Waals surface area contributed by atoms with Crippen LogP contribution in [0.25, 0.3) is 0 Å². The number of nitrogens with one attached hydrogen (secondary N) is 3. The molecule has 0 aliphatic heterocycles. The zero-order valence-corrected chi connectivity index (χ0v) is 11.1. The largest absolute Gasteiger partial charge is 0.350 e. The van der Waals surface area contributed by atoms with Crippen LogP contribution in [0.5, 0.6) is 0 Å². The Morgan fingerprint density at radius 2 is 1.95 bits per heavy atom. The van der Waals surface area contributed by atoms with Crippen LogP contribution in [0, 0.1) is 6.92 Å². The highest BCUT2D eigenvalue weighted by molar-refractivity contribution is 5.97. The lowest BCUT2D eigenvalue weighted by molar-refractivity contribution is -0.120. The third-order valence-electron chi connectivity index (χ3n) is 2.82. The van der Waals surface area contributed by atoms with E-state index in [1.165, 1.54) is 6.20 Å². The van der Waals surface area contributed by atoms with Crippen LogP contribution in [0.15, 0.2) is 36.5 Å². The van der Waals surface area contributed by atoms with Gasteiger partial charge in [-0.2, -0.15) is 5.10 Å². The second-order valence-corrected chi connectivity index (χ2v) is 4.35. The maximum absolute atomic E-state index is 11.8. The molecular weight excluding hydrogens is 256 g/mol. The van der Waals surface area contributed by atoms with Crippen molar-refractivity contribution in [2.75, 3.05) is 6.54 Å². The molecule has 1 heterocycles. The predicted molar refractivity (Wildman–Crippen MR) is 73.9 cm³/mol. The molecule has 6 heteroatoms. The molecule has 2 amide bonds. The normalized spacial score (nSPS) is 10.1. The number of rotatable bonds is 5. The minimum atomic E-state index is -0.314. The van der Waals surface area contributed by atoms with Crippen LogP contribution in [0.4, 0.5) is 0 Å². The van der Waals surface area contributed by atoms with Gasteiger partial charge in [0.1, 0.15) is 0 Å². The molecule has 20 heavy (non-hydrogen) atoms. The summed E-state index contributed by atoms with van der Waals surface area (Å²) in [6.45, 7) is 2.13. The molecule has 2 rings (SSSR count). The Hall–Kier alpha value is -2.63. The number of carbonyl (C=O) groups excluding carboxylic acids is 2. The van der Waals surface area contributed by atoms with E-state index < -0.39 is 0 Å². The summed E-state index contributed by atoms with van der Waals surface area (Å²) in [4.78, 5) is 23.4. The number of nitrogens with zero attached hydrogens (tertiary/aromatic N) is 1. The minimum Gasteiger partial charge on any atom is -0.350 e. The molecule has 1 aromatic carbocycles. The van der Waals surface area contributed by atoms with E-state index in [4.69, 9.17) is 0 Å². The fraction of sp³-hybridized carbons (Fsp3) is 0.214. The third-order valence-corrected chi connectivity index (χ3v) is 2.82. The maximum Gasteiger partial charge on any atom is 0.255 e. The van der Waals surface area contributed by atoms with Crippen LogP contribution < -0.4 is 10.6 Å². The molecule has 0 spiro atoms. The van der Waals surface area contributed by atoms with Crippen molar-refractivity contribution in [2.45, 2.75) is 13.5 Å². The Kier molecular flexibility index (Phi) is 4.49. The van der Waals surface area contributed by atoms with Crippen LogP contribution in [-0.2, 0) is 11.3 Å². The summed E-state index contributed by atoms with van der Waals surface area (Å²) in [5.41, 5.74) is 2.13. The highest BCUT2D eigenvalue weighted by Crippen LogP contribution is 2.01. The van der Waals surface area contributed by atoms with Gasteiger partial charge in [-0.25, -0.2) is 0 Å². The van der Waals surface area contributed by atoms with Gasteiger partial charge in [-0.15, -0.1) is 0 Å². The van der Waals surface area contributed by atoms with E-state index >= 15 is 0 Å². The molecule has 2 aromatic rings. The fourth-order valence-electron chi connectivity index (χ4n) is 1.69. The number of aromatic amines is 1. The summed E-state index contributed by atoms with van der Waals surface area (Å²) in [6.07, 6.45) is 1.44. The first-order valence-corrected chi connectivity index (χ1v) is 6.25. The van der Waals surface area contributed by atoms with E-state index in [-0.39, 0.29) is 18.4 Å². The predicted octanol–water partition coefficient (Wildman–Crippen LogP) is 0.764. The number of benzene rings is 1. The van der Waals surface area contributed by atoms with Gasteiger partial charge in [0, 0.05) is 12.2 Å². The van der Waals surface area contributed by atoms with Crippen LogP contribution in [0.2, 0.25) is 0 Å². The molecule has 0 fully saturated rings. The van der Waals surface area contributed by atoms with Crippen LogP contribution >= 0.6 is 0 Å². The number of H-pyrrole nitrogens is 1. The zero-order valence-electron chi connectivity index (χ0n) is 11.1. The second kappa shape index (κ2) is 6.51. The highest BCUT2D eigenvalue weighted by Gasteiger charge is 2.11. The first-order chi connectivity index (χ1) is 9.66. The van der Waals surface area contributed by atoms with E-state index in [1.807, 2.05) is 30.3 Å². The van der Waals surface area contributed by atoms with Gasteiger partial charge in [0.2, 0.25) is 5.91 Å². The van der Waals surface area contributed by atoms with Gasteiger partial charge >= 0.3 is 0 Å². The number of amides is 2. The van der Waals surface area contributed by atoms with E-state index in [9.17, 15) is 9.59 Å². The van der Waals surface area contributed by atoms with Crippen LogP contribution in [0.3, 0.4) is 0 Å². The molecule has 0 saturated carbocycles. The standard InChI is InChI=1S/C14H16N4O2/c1-10-12(8-17-18-10)14(20)16-9-13(19)15-7-11-5-3-2-4-6-11/h2-6,8H,7,9H2,1H3,(H,15,19)(H,16,20)(H,17,18). The average Bonchev–Trinajstić information content (AvgIpc) is 2.90. The summed E-state index contributed by atoms with van der Waals surface area (Å²) in [6, 6.07) is 9.58. The number of aryl methyl sites for hydroxylation is 1. The van der Waals surface area contributed by atoms with Crippen LogP contribution in [0.1, 0.15) is 21.6 Å². The van der Waals surface area contributed by atoms with E-state index in [0.717, 1.165) is 5.56 Å². The van der Waals surface area contributed by atoms with Gasteiger partial charge < -0.3 is 10.6 Å². The van der Waals surface area contributed by atoms with Crippen molar-refractivity contribution in [3.05, 3.63) is 53.3 Å². The Bertz CT molecular complexity index is 592. The molecule has 0 atom stereocenters. The van der Waals surface area contributed by atoms with Crippen molar-refractivity contribution in [1.29, 1.82) is 0 Å². The Labute approximate surface area is 116 Å². The van der Waals surface area contributed by atoms with Gasteiger partial charge in [-0.05, 0) is 12.5 Å². The summed E-state index contributed by atoms with van der Waals surface area (Å²) in [7, 11) is 0. The number of hydrogen-bond donors (Lipinski definition) is 3. The maximum atomic E-state index is 11.8. The van der Waals surface area contributed by atoms with Crippen molar-refractivity contribution < 1.29 is 9.59 Å². The van der Waals surface area contributed by atoms with Gasteiger partial charge in [0.05, 0.1) is 18.3 Å². The molecule has 104 valence electrons. The van der Waals surface area contributed by atoms with E-state index in [1.54, 1.807) is 6.92 Å². The lowest BCUT2D eigenvalue weighted by Gasteiger charge is -2.06. The SMILES string of the molecule is Cc1[nH]ncc1C(=O)NCC(=O)NCc1ccccc1. The van der Waals surface area contributed by atoms with Crippen molar-refractivity contribution in [2.24, 2.45) is 0 Å². The molecule has 0 aliphatic carbocycles. The van der Waals surface area contributed by atoms with Gasteiger partial charge in [0.25, 0.3) is 5.91 Å². The van der Waals surface area contributed by atoms with Crippen molar-refractivity contribution in [3.63, 3.8) is 0 Å². The molecule has 0 aliphatic rings. The monoisotopic (exact) mass is 272 g/mol. The first kappa shape index (κ1) is 13.8. The molecule has 1 aromatic heterocycles. The van der Waals surface area contributed by atoms with E-state index in [0.29, 0.717) is 17.8 Å². The molecule has 0 bridgehead atoms. The van der Waals surface area contributed by atoms with Gasteiger partial charge in [-0.3, -0.25) is 14.7 Å². The number of hydrogen-bond acceptors (Lipinski definition) is 3. The summed E-state index contributed by atoms with van der Waals surface area (Å²) in [5, 5.41) is 11.7.